The molecule has 0 atom stereocenters. The van der Waals surface area contributed by atoms with Crippen molar-refractivity contribution in [3.63, 3.8) is 0 Å². The number of anilines is 1. The Labute approximate surface area is 171 Å². The number of aromatic nitrogens is 3. The van der Waals surface area contributed by atoms with Crippen LogP contribution in [0.2, 0.25) is 0 Å². The number of hydrogen-bond donors (Lipinski definition) is 1. The quantitative estimate of drug-likeness (QED) is 0.524. The summed E-state index contributed by atoms with van der Waals surface area (Å²) in [5.74, 6) is 0. The molecule has 1 aliphatic rings. The summed E-state index contributed by atoms with van der Waals surface area (Å²) < 4.78 is 6.71. The topological polar surface area (TPSA) is 76.2 Å². The SMILES string of the molecule is CN(Cc1cc2cccc3c2n(c1=O)CCC3)C(=S)Nc1cccc2nonc12. The molecule has 0 aliphatic carbocycles. The van der Waals surface area contributed by atoms with E-state index in [1.165, 1.54) is 5.56 Å². The molecule has 8 heteroatoms. The molecule has 7 nitrogen and oxygen atoms in total. The number of rotatable bonds is 3. The van der Waals surface area contributed by atoms with Crippen LogP contribution in [0.3, 0.4) is 0 Å². The smallest absolute Gasteiger partial charge is 0.256 e. The van der Waals surface area contributed by atoms with E-state index in [1.54, 1.807) is 0 Å². The Balaban J connectivity index is 1.43. The zero-order valence-corrected chi connectivity index (χ0v) is 16.7. The third-order valence-corrected chi connectivity index (χ3v) is 5.79. The first-order valence-corrected chi connectivity index (χ1v) is 9.90. The van der Waals surface area contributed by atoms with Crippen LogP contribution in [0.25, 0.3) is 21.9 Å². The van der Waals surface area contributed by atoms with Gasteiger partial charge in [0.05, 0.1) is 17.7 Å². The van der Waals surface area contributed by atoms with E-state index < -0.39 is 0 Å². The summed E-state index contributed by atoms with van der Waals surface area (Å²) >= 11 is 5.55. The summed E-state index contributed by atoms with van der Waals surface area (Å²) in [6.45, 7) is 1.17. The van der Waals surface area contributed by atoms with Gasteiger partial charge in [0.15, 0.2) is 10.6 Å². The van der Waals surface area contributed by atoms with Gasteiger partial charge in [-0.05, 0) is 64.5 Å². The third kappa shape index (κ3) is 3.05. The highest BCUT2D eigenvalue weighted by atomic mass is 32.1. The number of nitrogens with one attached hydrogen (secondary N) is 1. The molecule has 5 rings (SSSR count). The Bertz CT molecular complexity index is 1310. The second-order valence-electron chi connectivity index (χ2n) is 7.31. The molecule has 0 spiro atoms. The average molecular weight is 405 g/mol. The van der Waals surface area contributed by atoms with Crippen molar-refractivity contribution in [1.29, 1.82) is 0 Å². The van der Waals surface area contributed by atoms with Crippen LogP contribution in [-0.4, -0.2) is 31.9 Å². The molecule has 2 aromatic heterocycles. The monoisotopic (exact) mass is 405 g/mol. The van der Waals surface area contributed by atoms with Gasteiger partial charge in [-0.15, -0.1) is 0 Å². The van der Waals surface area contributed by atoms with Gasteiger partial charge < -0.3 is 14.8 Å². The molecule has 0 radical (unpaired) electrons. The highest BCUT2D eigenvalue weighted by Gasteiger charge is 2.18. The fraction of sp³-hybridized carbons (Fsp3) is 0.238. The summed E-state index contributed by atoms with van der Waals surface area (Å²) in [7, 11) is 1.87. The normalized spacial score (nSPS) is 13.0. The molecule has 0 unspecified atom stereocenters. The first-order valence-electron chi connectivity index (χ1n) is 9.49. The van der Waals surface area contributed by atoms with E-state index in [4.69, 9.17) is 16.8 Å². The number of hydrogen-bond acceptors (Lipinski definition) is 5. The van der Waals surface area contributed by atoms with Gasteiger partial charge in [0.2, 0.25) is 0 Å². The van der Waals surface area contributed by atoms with Crippen LogP contribution in [-0.2, 0) is 19.5 Å². The number of para-hydroxylation sites is 1. The lowest BCUT2D eigenvalue weighted by Crippen LogP contribution is -2.35. The molecule has 2 aromatic carbocycles. The molecule has 3 heterocycles. The van der Waals surface area contributed by atoms with Crippen LogP contribution in [0, 0.1) is 0 Å². The van der Waals surface area contributed by atoms with Crippen LogP contribution in [0.4, 0.5) is 5.69 Å². The van der Waals surface area contributed by atoms with Crippen molar-refractivity contribution in [3.8, 4) is 0 Å². The molecule has 0 saturated carbocycles. The van der Waals surface area contributed by atoms with Crippen molar-refractivity contribution in [2.75, 3.05) is 12.4 Å². The molecule has 0 saturated heterocycles. The highest BCUT2D eigenvalue weighted by Crippen LogP contribution is 2.24. The molecular formula is C21H19N5O2S. The van der Waals surface area contributed by atoms with Crippen molar-refractivity contribution in [3.05, 3.63) is 63.9 Å². The molecule has 1 N–H and O–H groups in total. The number of aryl methyl sites for hydroxylation is 2. The second kappa shape index (κ2) is 6.97. The van der Waals surface area contributed by atoms with E-state index in [2.05, 4.69) is 33.8 Å². The van der Waals surface area contributed by atoms with Crippen LogP contribution >= 0.6 is 12.2 Å². The first kappa shape index (κ1) is 17.8. The molecule has 0 amide bonds. The Morgan fingerprint density at radius 2 is 2.14 bits per heavy atom. The zero-order valence-electron chi connectivity index (χ0n) is 15.9. The molecule has 146 valence electrons. The summed E-state index contributed by atoms with van der Waals surface area (Å²) in [6, 6.07) is 13.8. The Hall–Kier alpha value is -3.26. The van der Waals surface area contributed by atoms with Crippen LogP contribution in [0.5, 0.6) is 0 Å². The molecule has 1 aliphatic heterocycles. The second-order valence-corrected chi connectivity index (χ2v) is 7.70. The number of nitrogens with zero attached hydrogens (tertiary/aromatic N) is 4. The predicted molar refractivity (Wildman–Crippen MR) is 116 cm³/mol. The molecule has 0 fully saturated rings. The van der Waals surface area contributed by atoms with Gasteiger partial charge in [0.25, 0.3) is 5.56 Å². The van der Waals surface area contributed by atoms with E-state index in [0.29, 0.717) is 22.7 Å². The zero-order chi connectivity index (χ0) is 20.0. The lowest BCUT2D eigenvalue weighted by Gasteiger charge is -2.24. The lowest BCUT2D eigenvalue weighted by molar-refractivity contribution is 0.315. The Morgan fingerprint density at radius 3 is 3.03 bits per heavy atom. The van der Waals surface area contributed by atoms with Crippen molar-refractivity contribution in [2.45, 2.75) is 25.9 Å². The maximum Gasteiger partial charge on any atom is 0.256 e. The van der Waals surface area contributed by atoms with E-state index in [0.717, 1.165) is 41.5 Å². The van der Waals surface area contributed by atoms with Gasteiger partial charge in [-0.2, -0.15) is 0 Å². The number of fused-ring (bicyclic) bond motifs is 1. The van der Waals surface area contributed by atoms with Gasteiger partial charge in [-0.25, -0.2) is 4.63 Å². The fourth-order valence-corrected chi connectivity index (χ4v) is 4.16. The minimum Gasteiger partial charge on any atom is -0.348 e. The summed E-state index contributed by atoms with van der Waals surface area (Å²) in [4.78, 5) is 14.9. The van der Waals surface area contributed by atoms with Crippen molar-refractivity contribution in [1.82, 2.24) is 19.8 Å². The van der Waals surface area contributed by atoms with Crippen molar-refractivity contribution < 1.29 is 4.63 Å². The van der Waals surface area contributed by atoms with E-state index in [9.17, 15) is 4.79 Å². The van der Waals surface area contributed by atoms with E-state index in [1.807, 2.05) is 40.8 Å². The van der Waals surface area contributed by atoms with Gasteiger partial charge >= 0.3 is 0 Å². The summed E-state index contributed by atoms with van der Waals surface area (Å²) in [5, 5.41) is 12.5. The molecule has 0 bridgehead atoms. The van der Waals surface area contributed by atoms with Gasteiger partial charge in [-0.1, -0.05) is 24.3 Å². The maximum absolute atomic E-state index is 13.1. The highest BCUT2D eigenvalue weighted by molar-refractivity contribution is 7.80. The number of thiocarbonyl (C=S) groups is 1. The van der Waals surface area contributed by atoms with E-state index in [-0.39, 0.29) is 5.56 Å². The lowest BCUT2D eigenvalue weighted by atomic mass is 10.00. The number of benzene rings is 2. The predicted octanol–water partition coefficient (Wildman–Crippen LogP) is 3.31. The Kier molecular flexibility index (Phi) is 4.28. The van der Waals surface area contributed by atoms with Gasteiger partial charge in [0, 0.05) is 19.2 Å². The van der Waals surface area contributed by atoms with E-state index >= 15 is 0 Å². The van der Waals surface area contributed by atoms with Crippen LogP contribution in [0.1, 0.15) is 17.5 Å². The largest absolute Gasteiger partial charge is 0.348 e. The van der Waals surface area contributed by atoms with Gasteiger partial charge in [-0.3, -0.25) is 4.79 Å². The molecular weight excluding hydrogens is 386 g/mol. The van der Waals surface area contributed by atoms with Gasteiger partial charge in [0.1, 0.15) is 5.52 Å². The standard InChI is InChI=1S/C21H19N5O2S/c1-25(21(29)22-16-8-3-9-17-18(16)24-28-23-17)12-15-11-14-6-2-5-13-7-4-10-26(19(13)14)20(15)27/h2-3,5-6,8-9,11H,4,7,10,12H2,1H3,(H,22,29). The summed E-state index contributed by atoms with van der Waals surface area (Å²) in [5.41, 5.74) is 5.09. The van der Waals surface area contributed by atoms with Crippen LogP contribution < -0.4 is 10.9 Å². The maximum atomic E-state index is 13.1. The first-order chi connectivity index (χ1) is 14.1. The third-order valence-electron chi connectivity index (χ3n) is 5.38. The van der Waals surface area contributed by atoms with Crippen molar-refractivity contribution >= 4 is 45.0 Å². The van der Waals surface area contributed by atoms with Crippen molar-refractivity contribution in [2.24, 2.45) is 0 Å². The minimum absolute atomic E-state index is 0.0575. The fourth-order valence-electron chi connectivity index (χ4n) is 3.98. The minimum atomic E-state index is 0.0575. The molecule has 4 aromatic rings. The van der Waals surface area contributed by atoms with Crippen LogP contribution in [0.15, 0.2) is 51.9 Å². The number of pyridine rings is 1. The Morgan fingerprint density at radius 1 is 1.28 bits per heavy atom. The molecule has 29 heavy (non-hydrogen) atoms. The average Bonchev–Trinajstić information content (AvgIpc) is 3.21. The summed E-state index contributed by atoms with van der Waals surface area (Å²) in [6.07, 6.45) is 2.01.